The summed E-state index contributed by atoms with van der Waals surface area (Å²) in [6.45, 7) is 3.81. The van der Waals surface area contributed by atoms with Gasteiger partial charge in [0.05, 0.1) is 0 Å². The van der Waals surface area contributed by atoms with Crippen molar-refractivity contribution in [1.82, 2.24) is 4.90 Å². The van der Waals surface area contributed by atoms with Crippen molar-refractivity contribution < 1.29 is 14.7 Å². The zero-order valence-electron chi connectivity index (χ0n) is 12.3. The Hall–Kier alpha value is -1.55. The van der Waals surface area contributed by atoms with Gasteiger partial charge in [0, 0.05) is 18.5 Å². The molecule has 1 aliphatic rings. The SMILES string of the molecule is CCCN(C(C)=O)C(C(=O)O)(c1ccc(Cl)cc1)C1CC1. The van der Waals surface area contributed by atoms with Crippen molar-refractivity contribution in [2.75, 3.05) is 6.54 Å². The molecular weight excluding hydrogens is 290 g/mol. The van der Waals surface area contributed by atoms with E-state index in [1.54, 1.807) is 24.3 Å². The van der Waals surface area contributed by atoms with Gasteiger partial charge in [-0.1, -0.05) is 30.7 Å². The van der Waals surface area contributed by atoms with Crippen molar-refractivity contribution in [3.63, 3.8) is 0 Å². The van der Waals surface area contributed by atoms with Crippen LogP contribution in [0.25, 0.3) is 0 Å². The number of halogens is 1. The van der Waals surface area contributed by atoms with Gasteiger partial charge in [-0.3, -0.25) is 4.79 Å². The highest BCUT2D eigenvalue weighted by Crippen LogP contribution is 2.50. The average molecular weight is 310 g/mol. The van der Waals surface area contributed by atoms with E-state index >= 15 is 0 Å². The highest BCUT2D eigenvalue weighted by Gasteiger charge is 2.57. The average Bonchev–Trinajstić information content (AvgIpc) is 3.24. The lowest BCUT2D eigenvalue weighted by molar-refractivity contribution is -0.161. The van der Waals surface area contributed by atoms with Crippen molar-refractivity contribution >= 4 is 23.5 Å². The third kappa shape index (κ3) is 2.77. The Morgan fingerprint density at radius 3 is 2.29 bits per heavy atom. The summed E-state index contributed by atoms with van der Waals surface area (Å²) in [5.41, 5.74) is -0.641. The predicted molar refractivity (Wildman–Crippen MR) is 81.2 cm³/mol. The fourth-order valence-electron chi connectivity index (χ4n) is 3.04. The summed E-state index contributed by atoms with van der Waals surface area (Å²) in [5.74, 6) is -1.20. The van der Waals surface area contributed by atoms with E-state index < -0.39 is 11.5 Å². The van der Waals surface area contributed by atoms with Gasteiger partial charge in [0.25, 0.3) is 0 Å². The third-order valence-electron chi connectivity index (χ3n) is 4.03. The van der Waals surface area contributed by atoms with Crippen LogP contribution in [0.5, 0.6) is 0 Å². The molecule has 1 fully saturated rings. The van der Waals surface area contributed by atoms with Crippen molar-refractivity contribution in [3.8, 4) is 0 Å². The van der Waals surface area contributed by atoms with E-state index in [2.05, 4.69) is 0 Å². The number of nitrogens with zero attached hydrogens (tertiary/aromatic N) is 1. The first-order valence-corrected chi connectivity index (χ1v) is 7.60. The van der Waals surface area contributed by atoms with E-state index in [0.717, 1.165) is 19.3 Å². The van der Waals surface area contributed by atoms with Gasteiger partial charge in [-0.2, -0.15) is 0 Å². The van der Waals surface area contributed by atoms with Crippen molar-refractivity contribution in [1.29, 1.82) is 0 Å². The molecular formula is C16H20ClNO3. The second-order valence-corrected chi connectivity index (χ2v) is 5.96. The Bertz CT molecular complexity index is 539. The maximum atomic E-state index is 12.2. The fourth-order valence-corrected chi connectivity index (χ4v) is 3.16. The van der Waals surface area contributed by atoms with Crippen LogP contribution >= 0.6 is 11.6 Å². The van der Waals surface area contributed by atoms with E-state index in [4.69, 9.17) is 11.6 Å². The quantitative estimate of drug-likeness (QED) is 0.877. The largest absolute Gasteiger partial charge is 0.479 e. The number of carbonyl (C=O) groups is 2. The smallest absolute Gasteiger partial charge is 0.334 e. The number of carbonyl (C=O) groups excluding carboxylic acids is 1. The summed E-state index contributed by atoms with van der Waals surface area (Å²) in [6.07, 6.45) is 2.36. The molecule has 0 spiro atoms. The van der Waals surface area contributed by atoms with Crippen LogP contribution in [0.15, 0.2) is 24.3 Å². The van der Waals surface area contributed by atoms with Gasteiger partial charge in [0.1, 0.15) is 0 Å². The number of carboxylic acid groups (broad SMARTS) is 1. The van der Waals surface area contributed by atoms with Crippen LogP contribution in [0.1, 0.15) is 38.7 Å². The molecule has 4 nitrogen and oxygen atoms in total. The normalized spacial score (nSPS) is 17.1. The first-order chi connectivity index (χ1) is 9.94. The van der Waals surface area contributed by atoms with Crippen LogP contribution in [0.4, 0.5) is 0 Å². The van der Waals surface area contributed by atoms with Crippen molar-refractivity contribution in [3.05, 3.63) is 34.9 Å². The number of aliphatic carboxylic acids is 1. The molecule has 0 heterocycles. The molecule has 0 aliphatic heterocycles. The Morgan fingerprint density at radius 2 is 1.90 bits per heavy atom. The van der Waals surface area contributed by atoms with Gasteiger partial charge >= 0.3 is 5.97 Å². The van der Waals surface area contributed by atoms with Crippen LogP contribution in [-0.4, -0.2) is 28.4 Å². The molecule has 21 heavy (non-hydrogen) atoms. The van der Waals surface area contributed by atoms with E-state index in [1.165, 1.54) is 11.8 Å². The number of carboxylic acids is 1. The number of benzene rings is 1. The van der Waals surface area contributed by atoms with Crippen LogP contribution in [0, 0.1) is 5.92 Å². The van der Waals surface area contributed by atoms with Crippen LogP contribution in [0.2, 0.25) is 5.02 Å². The van der Waals surface area contributed by atoms with E-state index in [-0.39, 0.29) is 11.8 Å². The van der Waals surface area contributed by atoms with E-state index in [0.29, 0.717) is 17.1 Å². The van der Waals surface area contributed by atoms with Gasteiger partial charge in [-0.25, -0.2) is 4.79 Å². The van der Waals surface area contributed by atoms with E-state index in [9.17, 15) is 14.7 Å². The molecule has 0 saturated heterocycles. The monoisotopic (exact) mass is 309 g/mol. The maximum absolute atomic E-state index is 12.2. The molecule has 5 heteroatoms. The summed E-state index contributed by atoms with van der Waals surface area (Å²) in [6, 6.07) is 6.81. The Morgan fingerprint density at radius 1 is 1.33 bits per heavy atom. The van der Waals surface area contributed by atoms with Crippen LogP contribution in [0.3, 0.4) is 0 Å². The molecule has 2 rings (SSSR count). The molecule has 1 unspecified atom stereocenters. The zero-order chi connectivity index (χ0) is 15.6. The van der Waals surface area contributed by atoms with Crippen molar-refractivity contribution in [2.45, 2.75) is 38.6 Å². The Kier molecular flexibility index (Phi) is 4.57. The van der Waals surface area contributed by atoms with Gasteiger partial charge < -0.3 is 10.0 Å². The number of rotatable bonds is 6. The second-order valence-electron chi connectivity index (χ2n) is 5.52. The molecule has 1 aromatic carbocycles. The molecule has 1 saturated carbocycles. The Labute approximate surface area is 129 Å². The maximum Gasteiger partial charge on any atom is 0.334 e. The molecule has 0 bridgehead atoms. The first-order valence-electron chi connectivity index (χ1n) is 7.22. The number of hydrogen-bond donors (Lipinski definition) is 1. The highest BCUT2D eigenvalue weighted by molar-refractivity contribution is 6.30. The minimum atomic E-state index is -1.27. The van der Waals surface area contributed by atoms with Crippen molar-refractivity contribution in [2.24, 2.45) is 5.92 Å². The highest BCUT2D eigenvalue weighted by atomic mass is 35.5. The molecule has 1 aromatic rings. The molecule has 0 radical (unpaired) electrons. The summed E-state index contributed by atoms with van der Waals surface area (Å²) in [5, 5.41) is 10.5. The van der Waals surface area contributed by atoms with Crippen LogP contribution in [-0.2, 0) is 15.1 Å². The molecule has 1 amide bonds. The minimum absolute atomic E-state index is 0.0355. The zero-order valence-corrected chi connectivity index (χ0v) is 13.1. The van der Waals surface area contributed by atoms with E-state index in [1.807, 2.05) is 6.92 Å². The molecule has 0 aromatic heterocycles. The standard InChI is InChI=1S/C16H20ClNO3/c1-3-10-18(11(2)19)16(15(20)21,12-4-5-12)13-6-8-14(17)9-7-13/h6-9,12H,3-5,10H2,1-2H3,(H,20,21). The fraction of sp³-hybridized carbons (Fsp3) is 0.500. The van der Waals surface area contributed by atoms with Gasteiger partial charge in [-0.05, 0) is 42.9 Å². The van der Waals surface area contributed by atoms with Gasteiger partial charge in [0.15, 0.2) is 5.54 Å². The lowest BCUT2D eigenvalue weighted by Gasteiger charge is -2.41. The summed E-state index contributed by atoms with van der Waals surface area (Å²) >= 11 is 5.91. The van der Waals surface area contributed by atoms with Crippen LogP contribution < -0.4 is 0 Å². The lowest BCUT2D eigenvalue weighted by Crippen LogP contribution is -2.56. The molecule has 1 aliphatic carbocycles. The number of amides is 1. The van der Waals surface area contributed by atoms with Gasteiger partial charge in [0.2, 0.25) is 5.91 Å². The molecule has 114 valence electrons. The topological polar surface area (TPSA) is 57.6 Å². The summed E-state index contributed by atoms with van der Waals surface area (Å²) in [7, 11) is 0. The molecule has 1 N–H and O–H groups in total. The first kappa shape index (κ1) is 15.8. The van der Waals surface area contributed by atoms with Gasteiger partial charge in [-0.15, -0.1) is 0 Å². The lowest BCUT2D eigenvalue weighted by atomic mass is 9.82. The summed E-state index contributed by atoms with van der Waals surface area (Å²) < 4.78 is 0. The summed E-state index contributed by atoms with van der Waals surface area (Å²) in [4.78, 5) is 25.8. The third-order valence-corrected chi connectivity index (χ3v) is 4.28. The molecule has 1 atom stereocenters. The Balaban J connectivity index is 2.59. The predicted octanol–water partition coefficient (Wildman–Crippen LogP) is 3.29. The number of hydrogen-bond acceptors (Lipinski definition) is 2. The minimum Gasteiger partial charge on any atom is -0.479 e. The second kappa shape index (κ2) is 6.06.